The highest BCUT2D eigenvalue weighted by Gasteiger charge is 2.11. The Morgan fingerprint density at radius 3 is 2.58 bits per heavy atom. The highest BCUT2D eigenvalue weighted by atomic mass is 16.5. The zero-order valence-corrected chi connectivity index (χ0v) is 14.6. The molecule has 0 unspecified atom stereocenters. The van der Waals surface area contributed by atoms with Gasteiger partial charge >= 0.3 is 0 Å². The predicted molar refractivity (Wildman–Crippen MR) is 103 cm³/mol. The van der Waals surface area contributed by atoms with Crippen LogP contribution in [-0.4, -0.2) is 22.9 Å². The molecule has 1 N–H and O–H groups in total. The van der Waals surface area contributed by atoms with Gasteiger partial charge in [0, 0.05) is 23.6 Å². The summed E-state index contributed by atoms with van der Waals surface area (Å²) in [5, 5.41) is 3.21. The van der Waals surface area contributed by atoms with Crippen LogP contribution in [0.5, 0.6) is 5.88 Å². The van der Waals surface area contributed by atoms with Gasteiger partial charge in [-0.1, -0.05) is 18.2 Å². The molecule has 0 atom stereocenters. The van der Waals surface area contributed by atoms with E-state index in [-0.39, 0.29) is 5.78 Å². The zero-order valence-electron chi connectivity index (χ0n) is 14.6. The van der Waals surface area contributed by atoms with Gasteiger partial charge in [-0.05, 0) is 55.0 Å². The summed E-state index contributed by atoms with van der Waals surface area (Å²) in [6.07, 6.45) is 4.89. The summed E-state index contributed by atoms with van der Waals surface area (Å²) in [4.78, 5) is 21.2. The first-order valence-corrected chi connectivity index (χ1v) is 8.18. The van der Waals surface area contributed by atoms with Crippen LogP contribution in [0.25, 0.3) is 6.08 Å². The Kier molecular flexibility index (Phi) is 5.39. The number of allylic oxidation sites excluding steroid dienone is 1. The van der Waals surface area contributed by atoms with Gasteiger partial charge in [0.25, 0.3) is 0 Å². The van der Waals surface area contributed by atoms with Crippen molar-refractivity contribution in [1.82, 2.24) is 9.97 Å². The van der Waals surface area contributed by atoms with Crippen LogP contribution in [0.3, 0.4) is 0 Å². The van der Waals surface area contributed by atoms with Gasteiger partial charge in [0.05, 0.1) is 12.7 Å². The lowest BCUT2D eigenvalue weighted by atomic mass is 10.1. The summed E-state index contributed by atoms with van der Waals surface area (Å²) in [6.45, 7) is 1.89. The summed E-state index contributed by atoms with van der Waals surface area (Å²) in [6, 6.07) is 16.8. The largest absolute Gasteiger partial charge is 0.481 e. The van der Waals surface area contributed by atoms with Crippen LogP contribution in [0.4, 0.5) is 11.5 Å². The standard InChI is InChI=1S/C21H19N3O2/c1-15-8-11-18(21(23-15)24-17-6-4-3-5-7-17)19(25)12-9-16-10-13-20(26-2)22-14-16/h3-14H,1-2H3,(H,23,24). The lowest BCUT2D eigenvalue weighted by Gasteiger charge is -2.10. The number of pyridine rings is 2. The number of aryl methyl sites for hydroxylation is 1. The molecule has 0 aliphatic heterocycles. The summed E-state index contributed by atoms with van der Waals surface area (Å²) in [5.41, 5.74) is 3.04. The Morgan fingerprint density at radius 2 is 1.88 bits per heavy atom. The number of carbonyl (C=O) groups excluding carboxylic acids is 1. The fraction of sp³-hybridized carbons (Fsp3) is 0.0952. The number of carbonyl (C=O) groups is 1. The quantitative estimate of drug-likeness (QED) is 0.529. The molecule has 130 valence electrons. The van der Waals surface area contributed by atoms with Crippen molar-refractivity contribution in [2.45, 2.75) is 6.92 Å². The normalized spacial score (nSPS) is 10.7. The molecule has 5 nitrogen and oxygen atoms in total. The van der Waals surface area contributed by atoms with E-state index in [9.17, 15) is 4.79 Å². The molecule has 3 rings (SSSR count). The number of anilines is 2. The Bertz CT molecular complexity index is 920. The maximum Gasteiger partial charge on any atom is 0.212 e. The van der Waals surface area contributed by atoms with Gasteiger partial charge in [-0.2, -0.15) is 0 Å². The molecular weight excluding hydrogens is 326 g/mol. The number of ether oxygens (including phenoxy) is 1. The number of methoxy groups -OCH3 is 1. The smallest absolute Gasteiger partial charge is 0.212 e. The first kappa shape index (κ1) is 17.4. The third kappa shape index (κ3) is 4.33. The summed E-state index contributed by atoms with van der Waals surface area (Å²) in [5.74, 6) is 0.941. The van der Waals surface area contributed by atoms with Crippen molar-refractivity contribution in [2.75, 3.05) is 12.4 Å². The van der Waals surface area contributed by atoms with Crippen molar-refractivity contribution in [3.05, 3.63) is 83.7 Å². The van der Waals surface area contributed by atoms with Crippen LogP contribution >= 0.6 is 0 Å². The van der Waals surface area contributed by atoms with E-state index in [2.05, 4.69) is 15.3 Å². The van der Waals surface area contributed by atoms with Gasteiger partial charge in [0.2, 0.25) is 5.88 Å². The third-order valence-corrected chi connectivity index (χ3v) is 3.73. The van der Waals surface area contributed by atoms with E-state index in [1.54, 1.807) is 31.5 Å². The lowest BCUT2D eigenvalue weighted by molar-refractivity contribution is 0.104. The van der Waals surface area contributed by atoms with Crippen molar-refractivity contribution < 1.29 is 9.53 Å². The fourth-order valence-electron chi connectivity index (χ4n) is 2.38. The van der Waals surface area contributed by atoms with Gasteiger partial charge in [-0.3, -0.25) is 4.79 Å². The molecule has 0 radical (unpaired) electrons. The van der Waals surface area contributed by atoms with Gasteiger partial charge in [-0.15, -0.1) is 0 Å². The molecule has 0 saturated carbocycles. The Labute approximate surface area is 152 Å². The van der Waals surface area contributed by atoms with E-state index >= 15 is 0 Å². The lowest BCUT2D eigenvalue weighted by Crippen LogP contribution is -2.04. The molecule has 3 aromatic rings. The Hall–Kier alpha value is -3.47. The van der Waals surface area contributed by atoms with Gasteiger partial charge in [0.15, 0.2) is 5.78 Å². The van der Waals surface area contributed by atoms with Crippen molar-refractivity contribution >= 4 is 23.4 Å². The molecule has 0 bridgehead atoms. The van der Waals surface area contributed by atoms with Crippen LogP contribution in [0.2, 0.25) is 0 Å². The molecule has 1 aromatic carbocycles. The van der Waals surface area contributed by atoms with Gasteiger partial charge in [-0.25, -0.2) is 9.97 Å². The Balaban J connectivity index is 1.83. The Morgan fingerprint density at radius 1 is 1.08 bits per heavy atom. The van der Waals surface area contributed by atoms with Crippen molar-refractivity contribution in [2.24, 2.45) is 0 Å². The predicted octanol–water partition coefficient (Wildman–Crippen LogP) is 4.43. The minimum atomic E-state index is -0.133. The van der Waals surface area contributed by atoms with Crippen LogP contribution in [0.15, 0.2) is 66.9 Å². The van der Waals surface area contributed by atoms with E-state index in [1.807, 2.05) is 49.4 Å². The number of hydrogen-bond donors (Lipinski definition) is 1. The number of aromatic nitrogens is 2. The highest BCUT2D eigenvalue weighted by Crippen LogP contribution is 2.20. The first-order chi connectivity index (χ1) is 12.7. The molecule has 2 heterocycles. The molecule has 0 spiro atoms. The fourth-order valence-corrected chi connectivity index (χ4v) is 2.38. The topological polar surface area (TPSA) is 64.1 Å². The van der Waals surface area contributed by atoms with E-state index in [1.165, 1.54) is 6.08 Å². The highest BCUT2D eigenvalue weighted by molar-refractivity contribution is 6.10. The molecule has 26 heavy (non-hydrogen) atoms. The number of ketones is 1. The summed E-state index contributed by atoms with van der Waals surface area (Å²) < 4.78 is 5.03. The molecule has 0 aliphatic rings. The molecular formula is C21H19N3O2. The van der Waals surface area contributed by atoms with E-state index in [4.69, 9.17) is 4.74 Å². The second-order valence-electron chi connectivity index (χ2n) is 5.67. The number of nitrogens with zero attached hydrogens (tertiary/aromatic N) is 2. The number of hydrogen-bond acceptors (Lipinski definition) is 5. The minimum absolute atomic E-state index is 0.133. The maximum atomic E-state index is 12.7. The maximum absolute atomic E-state index is 12.7. The number of benzene rings is 1. The van der Waals surface area contributed by atoms with Crippen LogP contribution < -0.4 is 10.1 Å². The van der Waals surface area contributed by atoms with Crippen molar-refractivity contribution in [3.63, 3.8) is 0 Å². The SMILES string of the molecule is COc1ccc(C=CC(=O)c2ccc(C)nc2Nc2ccccc2)cn1. The second-order valence-corrected chi connectivity index (χ2v) is 5.67. The van der Waals surface area contributed by atoms with Crippen molar-refractivity contribution in [3.8, 4) is 5.88 Å². The minimum Gasteiger partial charge on any atom is -0.481 e. The summed E-state index contributed by atoms with van der Waals surface area (Å²) >= 11 is 0. The van der Waals surface area contributed by atoms with Gasteiger partial charge < -0.3 is 10.1 Å². The molecule has 0 fully saturated rings. The van der Waals surface area contributed by atoms with E-state index < -0.39 is 0 Å². The van der Waals surface area contributed by atoms with Crippen LogP contribution in [-0.2, 0) is 0 Å². The number of nitrogens with one attached hydrogen (secondary N) is 1. The summed E-state index contributed by atoms with van der Waals surface area (Å²) in [7, 11) is 1.56. The molecule has 0 amide bonds. The van der Waals surface area contributed by atoms with E-state index in [0.29, 0.717) is 17.3 Å². The molecule has 5 heteroatoms. The second kappa shape index (κ2) is 8.07. The molecule has 2 aromatic heterocycles. The van der Waals surface area contributed by atoms with Crippen molar-refractivity contribution in [1.29, 1.82) is 0 Å². The average Bonchev–Trinajstić information content (AvgIpc) is 2.67. The van der Waals surface area contributed by atoms with Gasteiger partial charge in [0.1, 0.15) is 5.82 Å². The zero-order chi connectivity index (χ0) is 18.4. The molecule has 0 saturated heterocycles. The number of para-hydroxylation sites is 1. The first-order valence-electron chi connectivity index (χ1n) is 8.18. The van der Waals surface area contributed by atoms with Crippen LogP contribution in [0.1, 0.15) is 21.6 Å². The third-order valence-electron chi connectivity index (χ3n) is 3.73. The molecule has 0 aliphatic carbocycles. The number of rotatable bonds is 6. The average molecular weight is 345 g/mol. The van der Waals surface area contributed by atoms with Crippen LogP contribution in [0, 0.1) is 6.92 Å². The van der Waals surface area contributed by atoms with E-state index in [0.717, 1.165) is 16.9 Å². The monoisotopic (exact) mass is 345 g/mol.